The van der Waals surface area contributed by atoms with Crippen molar-refractivity contribution in [2.45, 2.75) is 143 Å². The molecule has 2 heteroatoms. The second-order valence-corrected chi connectivity index (χ2v) is 14.8. The molecule has 194 valence electrons. The van der Waals surface area contributed by atoms with Gasteiger partial charge in [0.1, 0.15) is 0 Å². The molecule has 1 aromatic rings. The third-order valence-corrected chi connectivity index (χ3v) is 12.1. The van der Waals surface area contributed by atoms with Gasteiger partial charge in [-0.1, -0.05) is 128 Å². The SMILES string of the molecule is CCCCCCCC[P+](CCCCCCCC)(CCCCCCCC)Cc1ccccc1.[Cl-]. The first-order valence-corrected chi connectivity index (χ1v) is 17.2. The Labute approximate surface area is 216 Å². The zero-order valence-corrected chi connectivity index (χ0v) is 24.4. The largest absolute Gasteiger partial charge is 1.00 e. The van der Waals surface area contributed by atoms with Crippen LogP contribution in [0.5, 0.6) is 0 Å². The van der Waals surface area contributed by atoms with Gasteiger partial charge in [-0.3, -0.25) is 0 Å². The lowest BCUT2D eigenvalue weighted by Crippen LogP contribution is -3.00. The Bertz CT molecular complexity index is 460. The topological polar surface area (TPSA) is 0 Å². The van der Waals surface area contributed by atoms with E-state index >= 15 is 0 Å². The fourth-order valence-electron chi connectivity index (χ4n) is 5.23. The van der Waals surface area contributed by atoms with E-state index in [9.17, 15) is 0 Å². The van der Waals surface area contributed by atoms with E-state index in [1.165, 1.54) is 122 Å². The molecule has 0 aliphatic carbocycles. The highest BCUT2D eigenvalue weighted by molar-refractivity contribution is 7.75. The van der Waals surface area contributed by atoms with Gasteiger partial charge in [0.25, 0.3) is 0 Å². The van der Waals surface area contributed by atoms with Crippen molar-refractivity contribution in [3.8, 4) is 0 Å². The second kappa shape index (κ2) is 23.7. The summed E-state index contributed by atoms with van der Waals surface area (Å²) in [7, 11) is -0.885. The molecule has 0 amide bonds. The van der Waals surface area contributed by atoms with Crippen LogP contribution in [0.2, 0.25) is 0 Å². The molecule has 0 radical (unpaired) electrons. The summed E-state index contributed by atoms with van der Waals surface area (Å²) < 4.78 is 0. The van der Waals surface area contributed by atoms with E-state index in [-0.39, 0.29) is 12.4 Å². The molecular weight excluding hydrogens is 439 g/mol. The minimum Gasteiger partial charge on any atom is -1.00 e. The Hall–Kier alpha value is -0.0600. The monoisotopic (exact) mass is 496 g/mol. The molecule has 0 saturated carbocycles. The van der Waals surface area contributed by atoms with Crippen molar-refractivity contribution in [1.82, 2.24) is 0 Å². The fraction of sp³-hybridized carbons (Fsp3) is 0.806. The van der Waals surface area contributed by atoms with Crippen LogP contribution < -0.4 is 12.4 Å². The number of unbranched alkanes of at least 4 members (excludes halogenated alkanes) is 15. The van der Waals surface area contributed by atoms with Gasteiger partial charge in [-0.2, -0.15) is 0 Å². The van der Waals surface area contributed by atoms with Crippen molar-refractivity contribution >= 4 is 7.26 Å². The Balaban J connectivity index is 0.0000102. The summed E-state index contributed by atoms with van der Waals surface area (Å²) in [6.45, 7) is 6.99. The van der Waals surface area contributed by atoms with Gasteiger partial charge >= 0.3 is 0 Å². The highest BCUT2D eigenvalue weighted by atomic mass is 35.5. The lowest BCUT2D eigenvalue weighted by molar-refractivity contribution is -0.00000717. The van der Waals surface area contributed by atoms with Crippen molar-refractivity contribution in [3.63, 3.8) is 0 Å². The van der Waals surface area contributed by atoms with Crippen LogP contribution >= 0.6 is 7.26 Å². The maximum Gasteiger partial charge on any atom is 0.0842 e. The number of benzene rings is 1. The summed E-state index contributed by atoms with van der Waals surface area (Å²) in [6.07, 6.45) is 32.2. The molecule has 0 unspecified atom stereocenters. The molecule has 0 bridgehead atoms. The van der Waals surface area contributed by atoms with E-state index in [0.29, 0.717) is 0 Å². The Morgan fingerprint density at radius 1 is 0.455 bits per heavy atom. The molecule has 33 heavy (non-hydrogen) atoms. The number of halogens is 1. The van der Waals surface area contributed by atoms with Gasteiger partial charge in [-0.05, 0) is 44.1 Å². The van der Waals surface area contributed by atoms with Crippen LogP contribution in [-0.2, 0) is 6.16 Å². The predicted molar refractivity (Wildman–Crippen MR) is 152 cm³/mol. The predicted octanol–water partition coefficient (Wildman–Crippen LogP) is 8.29. The summed E-state index contributed by atoms with van der Waals surface area (Å²) in [6, 6.07) is 11.6. The zero-order valence-electron chi connectivity index (χ0n) is 22.8. The van der Waals surface area contributed by atoms with Crippen molar-refractivity contribution in [2.75, 3.05) is 18.5 Å². The molecular formula is C31H58ClP. The van der Waals surface area contributed by atoms with Crippen LogP contribution in [0.1, 0.15) is 142 Å². The second-order valence-electron chi connectivity index (χ2n) is 10.5. The first-order valence-electron chi connectivity index (χ1n) is 14.7. The van der Waals surface area contributed by atoms with E-state index in [1.807, 2.05) is 0 Å². The van der Waals surface area contributed by atoms with Gasteiger partial charge in [-0.15, -0.1) is 0 Å². The van der Waals surface area contributed by atoms with Crippen LogP contribution in [0, 0.1) is 0 Å². The number of hydrogen-bond acceptors (Lipinski definition) is 0. The van der Waals surface area contributed by atoms with Gasteiger partial charge in [0.05, 0.1) is 24.6 Å². The summed E-state index contributed by atoms with van der Waals surface area (Å²) in [5.74, 6) is 0. The van der Waals surface area contributed by atoms with Crippen molar-refractivity contribution in [2.24, 2.45) is 0 Å². The van der Waals surface area contributed by atoms with Crippen LogP contribution in [0.25, 0.3) is 0 Å². The van der Waals surface area contributed by atoms with E-state index in [1.54, 1.807) is 24.0 Å². The van der Waals surface area contributed by atoms with Gasteiger partial charge in [0, 0.05) is 7.26 Å². The number of hydrogen-bond donors (Lipinski definition) is 0. The summed E-state index contributed by atoms with van der Waals surface area (Å²) in [4.78, 5) is 0. The quantitative estimate of drug-likeness (QED) is 0.105. The summed E-state index contributed by atoms with van der Waals surface area (Å²) in [5, 5.41) is 0. The fourth-order valence-corrected chi connectivity index (χ4v) is 10.0. The smallest absolute Gasteiger partial charge is 0.0842 e. The van der Waals surface area contributed by atoms with E-state index in [4.69, 9.17) is 0 Å². The molecule has 0 saturated heterocycles. The molecule has 0 fully saturated rings. The first kappa shape index (κ1) is 32.9. The molecule has 0 atom stereocenters. The van der Waals surface area contributed by atoms with Gasteiger partial charge in [-0.25, -0.2) is 0 Å². The minimum absolute atomic E-state index is 0. The Kier molecular flexibility index (Phi) is 23.6. The maximum absolute atomic E-state index is 2.42. The highest BCUT2D eigenvalue weighted by Gasteiger charge is 2.35. The van der Waals surface area contributed by atoms with Gasteiger partial charge in [0.2, 0.25) is 0 Å². The molecule has 0 aliphatic rings. The lowest BCUT2D eigenvalue weighted by atomic mass is 10.1. The van der Waals surface area contributed by atoms with Crippen molar-refractivity contribution in [1.29, 1.82) is 0 Å². The van der Waals surface area contributed by atoms with Crippen molar-refractivity contribution in [3.05, 3.63) is 35.9 Å². The number of rotatable bonds is 23. The molecule has 1 rings (SSSR count). The molecule has 0 nitrogen and oxygen atoms in total. The maximum atomic E-state index is 2.42. The molecule has 0 N–H and O–H groups in total. The molecule has 1 aromatic carbocycles. The van der Waals surface area contributed by atoms with E-state index < -0.39 is 7.26 Å². The normalized spacial score (nSPS) is 11.5. The van der Waals surface area contributed by atoms with Gasteiger partial charge in [0.15, 0.2) is 0 Å². The van der Waals surface area contributed by atoms with E-state index in [2.05, 4.69) is 51.1 Å². The molecule has 0 heterocycles. The van der Waals surface area contributed by atoms with Crippen LogP contribution in [0.3, 0.4) is 0 Å². The van der Waals surface area contributed by atoms with Crippen LogP contribution in [0.15, 0.2) is 30.3 Å². The van der Waals surface area contributed by atoms with Crippen molar-refractivity contribution < 1.29 is 12.4 Å². The standard InChI is InChI=1S/C31H58P.ClH/c1-4-7-10-13-16-22-27-32(28-23-17-14-11-8-5-2,29-24-18-15-12-9-6-3)30-31-25-20-19-21-26-31;/h19-21,25-26H,4-18,22-24,27-30H2,1-3H3;1H/q+1;/p-1. The van der Waals surface area contributed by atoms with E-state index in [0.717, 1.165) is 0 Å². The lowest BCUT2D eigenvalue weighted by Gasteiger charge is -2.28. The summed E-state index contributed by atoms with van der Waals surface area (Å²) >= 11 is 0. The Morgan fingerprint density at radius 2 is 0.788 bits per heavy atom. The Morgan fingerprint density at radius 3 is 1.15 bits per heavy atom. The highest BCUT2D eigenvalue weighted by Crippen LogP contribution is 2.63. The van der Waals surface area contributed by atoms with Crippen LogP contribution in [-0.4, -0.2) is 18.5 Å². The third-order valence-electron chi connectivity index (χ3n) is 7.32. The summed E-state index contributed by atoms with van der Waals surface area (Å²) in [5.41, 5.74) is 1.63. The molecule has 0 spiro atoms. The van der Waals surface area contributed by atoms with Gasteiger partial charge < -0.3 is 12.4 Å². The average Bonchev–Trinajstić information content (AvgIpc) is 2.81. The minimum atomic E-state index is -0.885. The third kappa shape index (κ3) is 17.9. The zero-order chi connectivity index (χ0) is 23.2. The first-order chi connectivity index (χ1) is 15.8. The molecule has 0 aliphatic heterocycles. The average molecular weight is 497 g/mol. The molecule has 0 aromatic heterocycles. The van der Waals surface area contributed by atoms with Crippen LogP contribution in [0.4, 0.5) is 0 Å².